The highest BCUT2D eigenvalue weighted by atomic mass is 32.1. The van der Waals surface area contributed by atoms with Crippen LogP contribution in [0.4, 0.5) is 4.39 Å². The van der Waals surface area contributed by atoms with Gasteiger partial charge in [0.25, 0.3) is 5.91 Å². The summed E-state index contributed by atoms with van der Waals surface area (Å²) in [4.78, 5) is 28.0. The van der Waals surface area contributed by atoms with E-state index in [1.165, 1.54) is 28.3 Å². The van der Waals surface area contributed by atoms with E-state index in [9.17, 15) is 14.0 Å². The number of aryl methyl sites for hydroxylation is 1. The van der Waals surface area contributed by atoms with Crippen molar-refractivity contribution in [3.05, 3.63) is 57.0 Å². The number of nitrogens with one attached hydrogen (secondary N) is 1. The molecule has 6 heteroatoms. The van der Waals surface area contributed by atoms with E-state index in [-0.39, 0.29) is 23.5 Å². The topological polar surface area (TPSA) is 49.4 Å². The quantitative estimate of drug-likeness (QED) is 0.911. The van der Waals surface area contributed by atoms with E-state index in [1.54, 1.807) is 31.1 Å². The highest BCUT2D eigenvalue weighted by Gasteiger charge is 2.27. The Kier molecular flexibility index (Phi) is 5.18. The van der Waals surface area contributed by atoms with Crippen LogP contribution < -0.4 is 5.32 Å². The molecule has 1 heterocycles. The van der Waals surface area contributed by atoms with Gasteiger partial charge < -0.3 is 10.2 Å². The maximum absolute atomic E-state index is 13.2. The Hall–Kier alpha value is -2.21. The molecule has 25 heavy (non-hydrogen) atoms. The summed E-state index contributed by atoms with van der Waals surface area (Å²) in [6.45, 7) is 0.327. The minimum Gasteiger partial charge on any atom is -0.352 e. The Morgan fingerprint density at radius 3 is 2.84 bits per heavy atom. The fourth-order valence-corrected chi connectivity index (χ4v) is 4.28. The second-order valence-electron chi connectivity index (χ2n) is 6.55. The Balaban J connectivity index is 1.62. The number of fused-ring (bicyclic) bond motifs is 1. The van der Waals surface area contributed by atoms with Gasteiger partial charge in [0.15, 0.2) is 0 Å². The number of carbonyl (C=O) groups excluding carboxylic acids is 2. The van der Waals surface area contributed by atoms with Crippen LogP contribution in [0, 0.1) is 11.7 Å². The molecule has 0 saturated heterocycles. The predicted molar refractivity (Wildman–Crippen MR) is 96.1 cm³/mol. The largest absolute Gasteiger partial charge is 0.352 e. The van der Waals surface area contributed by atoms with E-state index in [2.05, 4.69) is 5.32 Å². The zero-order valence-electron chi connectivity index (χ0n) is 14.3. The molecule has 3 rings (SSSR count). The number of amides is 2. The fraction of sp³-hybridized carbons (Fsp3) is 0.368. The molecule has 0 bridgehead atoms. The lowest BCUT2D eigenvalue weighted by Gasteiger charge is -2.21. The van der Waals surface area contributed by atoms with Gasteiger partial charge in [0, 0.05) is 31.4 Å². The average molecular weight is 360 g/mol. The maximum Gasteiger partial charge on any atom is 0.263 e. The molecule has 1 aromatic heterocycles. The molecule has 1 aromatic carbocycles. The van der Waals surface area contributed by atoms with Crippen molar-refractivity contribution in [2.75, 3.05) is 14.1 Å². The van der Waals surface area contributed by atoms with Gasteiger partial charge in [0.2, 0.25) is 5.91 Å². The van der Waals surface area contributed by atoms with Crippen LogP contribution in [0.2, 0.25) is 0 Å². The molecule has 4 nitrogen and oxygen atoms in total. The molecule has 0 aliphatic heterocycles. The third-order valence-electron chi connectivity index (χ3n) is 4.43. The van der Waals surface area contributed by atoms with Gasteiger partial charge in [-0.25, -0.2) is 4.39 Å². The van der Waals surface area contributed by atoms with E-state index in [0.717, 1.165) is 28.8 Å². The molecule has 1 aliphatic rings. The lowest BCUT2D eigenvalue weighted by Crippen LogP contribution is -2.33. The Morgan fingerprint density at radius 1 is 1.32 bits per heavy atom. The van der Waals surface area contributed by atoms with Crippen molar-refractivity contribution in [1.29, 1.82) is 0 Å². The van der Waals surface area contributed by atoms with E-state index < -0.39 is 0 Å². The van der Waals surface area contributed by atoms with Crippen molar-refractivity contribution in [1.82, 2.24) is 10.2 Å². The number of nitrogens with zero attached hydrogens (tertiary/aromatic N) is 1. The van der Waals surface area contributed by atoms with Gasteiger partial charge in [-0.1, -0.05) is 12.1 Å². The van der Waals surface area contributed by atoms with Crippen molar-refractivity contribution in [2.45, 2.75) is 25.8 Å². The molecular weight excluding hydrogens is 339 g/mol. The zero-order valence-corrected chi connectivity index (χ0v) is 15.2. The maximum atomic E-state index is 13.2. The Bertz CT molecular complexity index is 800. The highest BCUT2D eigenvalue weighted by molar-refractivity contribution is 7.14. The molecule has 0 unspecified atom stereocenters. The number of hydrogen-bond donors (Lipinski definition) is 1. The van der Waals surface area contributed by atoms with Crippen LogP contribution in [-0.4, -0.2) is 30.8 Å². The molecule has 0 radical (unpaired) electrons. The molecule has 0 fully saturated rings. The molecule has 1 atom stereocenters. The number of carbonyl (C=O) groups is 2. The SMILES string of the molecule is CN(C)C(=O)c1cc2c(s1)CC[C@@H](C(=O)NCc1cccc(F)c1)C2. The molecular formula is C19H21FN2O2S. The first-order chi connectivity index (χ1) is 11.9. The van der Waals surface area contributed by atoms with E-state index in [0.29, 0.717) is 13.0 Å². The summed E-state index contributed by atoms with van der Waals surface area (Å²) in [6, 6.07) is 8.17. The normalized spacial score (nSPS) is 16.2. The van der Waals surface area contributed by atoms with Crippen LogP contribution in [-0.2, 0) is 24.2 Å². The van der Waals surface area contributed by atoms with Gasteiger partial charge >= 0.3 is 0 Å². The van der Waals surface area contributed by atoms with Crippen molar-refractivity contribution in [3.63, 3.8) is 0 Å². The zero-order chi connectivity index (χ0) is 18.0. The van der Waals surface area contributed by atoms with Crippen molar-refractivity contribution in [2.24, 2.45) is 5.92 Å². The van der Waals surface area contributed by atoms with Gasteiger partial charge in [-0.3, -0.25) is 9.59 Å². The minimum atomic E-state index is -0.301. The molecule has 0 saturated carbocycles. The summed E-state index contributed by atoms with van der Waals surface area (Å²) in [6.07, 6.45) is 2.25. The Morgan fingerprint density at radius 2 is 2.12 bits per heavy atom. The first-order valence-corrected chi connectivity index (χ1v) is 9.11. The minimum absolute atomic E-state index is 0.00602. The van der Waals surface area contributed by atoms with E-state index in [4.69, 9.17) is 0 Å². The van der Waals surface area contributed by atoms with Gasteiger partial charge in [-0.2, -0.15) is 0 Å². The number of halogens is 1. The van der Waals surface area contributed by atoms with Crippen LogP contribution in [0.25, 0.3) is 0 Å². The number of benzene rings is 1. The van der Waals surface area contributed by atoms with Crippen LogP contribution in [0.15, 0.2) is 30.3 Å². The third-order valence-corrected chi connectivity index (χ3v) is 5.65. The van der Waals surface area contributed by atoms with Crippen molar-refractivity contribution < 1.29 is 14.0 Å². The Labute approximate surface area is 150 Å². The molecule has 0 spiro atoms. The van der Waals surface area contributed by atoms with Crippen LogP contribution in [0.1, 0.15) is 32.1 Å². The molecule has 2 amide bonds. The average Bonchev–Trinajstić information content (AvgIpc) is 3.02. The monoisotopic (exact) mass is 360 g/mol. The van der Waals surface area contributed by atoms with E-state index >= 15 is 0 Å². The summed E-state index contributed by atoms with van der Waals surface area (Å²) in [7, 11) is 3.48. The van der Waals surface area contributed by atoms with Crippen LogP contribution in [0.5, 0.6) is 0 Å². The molecule has 1 N–H and O–H groups in total. The second kappa shape index (κ2) is 7.35. The highest BCUT2D eigenvalue weighted by Crippen LogP contribution is 2.33. The smallest absolute Gasteiger partial charge is 0.263 e. The van der Waals surface area contributed by atoms with Gasteiger partial charge in [0.1, 0.15) is 5.82 Å². The van der Waals surface area contributed by atoms with Gasteiger partial charge in [-0.15, -0.1) is 11.3 Å². The number of thiophene rings is 1. The third kappa shape index (κ3) is 4.07. The summed E-state index contributed by atoms with van der Waals surface area (Å²) in [5.74, 6) is -0.406. The summed E-state index contributed by atoms with van der Waals surface area (Å²) < 4.78 is 13.2. The lowest BCUT2D eigenvalue weighted by atomic mass is 9.87. The van der Waals surface area contributed by atoms with Crippen LogP contribution >= 0.6 is 11.3 Å². The summed E-state index contributed by atoms with van der Waals surface area (Å²) >= 11 is 1.53. The summed E-state index contributed by atoms with van der Waals surface area (Å²) in [5, 5.41) is 2.90. The van der Waals surface area contributed by atoms with Crippen molar-refractivity contribution >= 4 is 23.2 Å². The second-order valence-corrected chi connectivity index (χ2v) is 7.68. The number of rotatable bonds is 4. The van der Waals surface area contributed by atoms with Crippen molar-refractivity contribution in [3.8, 4) is 0 Å². The number of hydrogen-bond acceptors (Lipinski definition) is 3. The summed E-state index contributed by atoms with van der Waals surface area (Å²) in [5.41, 5.74) is 1.85. The molecule has 2 aromatic rings. The van der Waals surface area contributed by atoms with Crippen LogP contribution in [0.3, 0.4) is 0 Å². The standard InChI is InChI=1S/C19H21FN2O2S/c1-22(2)19(24)17-10-14-9-13(6-7-16(14)25-17)18(23)21-11-12-4-3-5-15(20)8-12/h3-5,8,10,13H,6-7,9,11H2,1-2H3,(H,21,23)/t13-/m1/s1. The molecule has 1 aliphatic carbocycles. The lowest BCUT2D eigenvalue weighted by molar-refractivity contribution is -0.125. The first kappa shape index (κ1) is 17.6. The fourth-order valence-electron chi connectivity index (χ4n) is 3.05. The van der Waals surface area contributed by atoms with Gasteiger partial charge in [-0.05, 0) is 48.6 Å². The molecule has 132 valence electrons. The predicted octanol–water partition coefficient (Wildman–Crippen LogP) is 3.01. The van der Waals surface area contributed by atoms with Gasteiger partial charge in [0.05, 0.1) is 4.88 Å². The first-order valence-electron chi connectivity index (χ1n) is 8.29. The van der Waals surface area contributed by atoms with E-state index in [1.807, 2.05) is 6.07 Å².